The average molecular weight is 492 g/mol. The van der Waals surface area contributed by atoms with Crippen molar-refractivity contribution in [2.45, 2.75) is 25.4 Å². The number of guanidine groups is 1. The Kier molecular flexibility index (Phi) is 9.83. The fourth-order valence-corrected chi connectivity index (χ4v) is 2.85. The number of anilines is 2. The van der Waals surface area contributed by atoms with Gasteiger partial charge in [-0.3, -0.25) is 24.7 Å². The molecule has 182 valence electrons. The molecule has 1 aromatic carbocycles. The summed E-state index contributed by atoms with van der Waals surface area (Å²) < 4.78 is 5.49. The predicted molar refractivity (Wildman–Crippen MR) is 127 cm³/mol. The average Bonchev–Trinajstić information content (AvgIpc) is 2.79. The summed E-state index contributed by atoms with van der Waals surface area (Å²) in [5.74, 6) is -1.26. The van der Waals surface area contributed by atoms with E-state index >= 15 is 0 Å². The summed E-state index contributed by atoms with van der Waals surface area (Å²) >= 11 is 5.76. The van der Waals surface area contributed by atoms with E-state index in [0.717, 1.165) is 18.4 Å². The summed E-state index contributed by atoms with van der Waals surface area (Å²) in [5, 5.41) is 4.59. The number of hydrogen-bond donors (Lipinski definition) is 6. The molecule has 1 heterocycles. The number of nitrogen functional groups attached to an aromatic ring is 2. The molecule has 3 amide bonds. The van der Waals surface area contributed by atoms with Crippen molar-refractivity contribution in [2.24, 2.45) is 16.5 Å². The standard InChI is InChI=1S/C20H26ClN9O4/c21-15-17(23)29-16(22)14(28-15)19(33)30-20(25)27-8-2-1-3-11-4-6-12(7-5-11)34-13(18(24)32)9-26-10-31/h4-7,10,13H,1-3,8-9H2,(H2,24,32)(H,26,31)(H4,22,23,29)(H3,25,27,30,33). The highest BCUT2D eigenvalue weighted by Crippen LogP contribution is 2.17. The van der Waals surface area contributed by atoms with Gasteiger partial charge in [0.1, 0.15) is 5.75 Å². The zero-order valence-electron chi connectivity index (χ0n) is 18.2. The summed E-state index contributed by atoms with van der Waals surface area (Å²) in [6, 6.07) is 7.16. The van der Waals surface area contributed by atoms with Crippen LogP contribution in [0.15, 0.2) is 29.3 Å². The molecule has 0 saturated heterocycles. The third-order valence-corrected chi connectivity index (χ3v) is 4.70. The van der Waals surface area contributed by atoms with Gasteiger partial charge in [-0.1, -0.05) is 23.7 Å². The largest absolute Gasteiger partial charge is 0.479 e. The van der Waals surface area contributed by atoms with Crippen molar-refractivity contribution in [2.75, 3.05) is 24.6 Å². The fourth-order valence-electron chi connectivity index (χ4n) is 2.72. The number of aromatic nitrogens is 2. The highest BCUT2D eigenvalue weighted by Gasteiger charge is 2.17. The molecule has 1 aromatic heterocycles. The van der Waals surface area contributed by atoms with Gasteiger partial charge < -0.3 is 33.0 Å². The van der Waals surface area contributed by atoms with E-state index in [9.17, 15) is 14.4 Å². The Balaban J connectivity index is 1.76. The second kappa shape index (κ2) is 12.8. The molecule has 13 nitrogen and oxygen atoms in total. The lowest BCUT2D eigenvalue weighted by Gasteiger charge is -2.15. The highest BCUT2D eigenvalue weighted by atomic mass is 35.5. The quantitative estimate of drug-likeness (QED) is 0.0956. The summed E-state index contributed by atoms with van der Waals surface area (Å²) in [5.41, 5.74) is 22.9. The minimum Gasteiger partial charge on any atom is -0.479 e. The van der Waals surface area contributed by atoms with Crippen LogP contribution in [0, 0.1) is 0 Å². The Bertz CT molecular complexity index is 1050. The van der Waals surface area contributed by atoms with Crippen LogP contribution in [0.1, 0.15) is 28.9 Å². The number of amides is 3. The van der Waals surface area contributed by atoms with Gasteiger partial charge >= 0.3 is 0 Å². The van der Waals surface area contributed by atoms with Gasteiger partial charge in [0.25, 0.3) is 11.8 Å². The number of aliphatic imine (C=N–C) groups is 1. The van der Waals surface area contributed by atoms with E-state index in [1.54, 1.807) is 12.1 Å². The zero-order chi connectivity index (χ0) is 25.1. The third kappa shape index (κ3) is 8.09. The van der Waals surface area contributed by atoms with Gasteiger partial charge in [0.05, 0.1) is 6.54 Å². The first kappa shape index (κ1) is 26.1. The van der Waals surface area contributed by atoms with E-state index in [1.165, 1.54) is 0 Å². The van der Waals surface area contributed by atoms with Crippen molar-refractivity contribution in [3.8, 4) is 5.75 Å². The van der Waals surface area contributed by atoms with Crippen LogP contribution in [-0.2, 0) is 16.0 Å². The van der Waals surface area contributed by atoms with Gasteiger partial charge in [0, 0.05) is 6.54 Å². The first-order valence-corrected chi connectivity index (χ1v) is 10.5. The molecular formula is C20H26ClN9O4. The van der Waals surface area contributed by atoms with Gasteiger partial charge in [0.2, 0.25) is 6.41 Å². The van der Waals surface area contributed by atoms with Crippen LogP contribution in [0.4, 0.5) is 11.6 Å². The van der Waals surface area contributed by atoms with E-state index in [1.807, 2.05) is 12.1 Å². The molecular weight excluding hydrogens is 466 g/mol. The van der Waals surface area contributed by atoms with Crippen LogP contribution < -0.4 is 38.3 Å². The van der Waals surface area contributed by atoms with Crippen LogP contribution in [0.2, 0.25) is 5.15 Å². The fraction of sp³-hybridized carbons (Fsp3) is 0.300. The Morgan fingerprint density at radius 1 is 1.12 bits per heavy atom. The zero-order valence-corrected chi connectivity index (χ0v) is 18.9. The number of rotatable bonds is 12. The molecule has 2 aromatic rings. The van der Waals surface area contributed by atoms with Crippen LogP contribution in [0.25, 0.3) is 0 Å². The van der Waals surface area contributed by atoms with Crippen molar-refractivity contribution >= 4 is 47.4 Å². The third-order valence-electron chi connectivity index (χ3n) is 4.42. The topological polar surface area (TPSA) is 227 Å². The molecule has 0 aliphatic heterocycles. The summed E-state index contributed by atoms with van der Waals surface area (Å²) in [6.07, 6.45) is 1.80. The van der Waals surface area contributed by atoms with Gasteiger partial charge in [-0.15, -0.1) is 0 Å². The number of halogens is 1. The summed E-state index contributed by atoms with van der Waals surface area (Å²) in [7, 11) is 0. The minimum atomic E-state index is -0.958. The van der Waals surface area contributed by atoms with Crippen molar-refractivity contribution < 1.29 is 19.1 Å². The normalized spacial score (nSPS) is 12.0. The monoisotopic (exact) mass is 491 g/mol. The van der Waals surface area contributed by atoms with Crippen LogP contribution in [-0.4, -0.2) is 53.3 Å². The van der Waals surface area contributed by atoms with Gasteiger partial charge in [-0.2, -0.15) is 0 Å². The molecule has 0 spiro atoms. The lowest BCUT2D eigenvalue weighted by molar-refractivity contribution is -0.124. The predicted octanol–water partition coefficient (Wildman–Crippen LogP) is -0.659. The molecule has 34 heavy (non-hydrogen) atoms. The number of primary amides is 1. The maximum Gasteiger partial charge on any atom is 0.280 e. The lowest BCUT2D eigenvalue weighted by Crippen LogP contribution is -2.41. The first-order chi connectivity index (χ1) is 16.2. The number of ether oxygens (including phenoxy) is 1. The maximum absolute atomic E-state index is 12.2. The number of nitrogens with zero attached hydrogens (tertiary/aromatic N) is 3. The van der Waals surface area contributed by atoms with Crippen molar-refractivity contribution in [3.05, 3.63) is 40.7 Å². The maximum atomic E-state index is 12.2. The number of nitrogens with two attached hydrogens (primary N) is 4. The molecule has 0 aliphatic rings. The number of nitrogens with one attached hydrogen (secondary N) is 2. The Morgan fingerprint density at radius 3 is 2.47 bits per heavy atom. The van der Waals surface area contributed by atoms with Crippen LogP contribution >= 0.6 is 11.6 Å². The van der Waals surface area contributed by atoms with E-state index in [0.29, 0.717) is 25.1 Å². The number of unbranched alkanes of at least 4 members (excludes halogenated alkanes) is 1. The smallest absolute Gasteiger partial charge is 0.280 e. The first-order valence-electron chi connectivity index (χ1n) is 10.1. The van der Waals surface area contributed by atoms with Crippen molar-refractivity contribution in [1.82, 2.24) is 20.6 Å². The number of benzene rings is 1. The Labute approximate surface area is 200 Å². The Morgan fingerprint density at radius 2 is 1.82 bits per heavy atom. The molecule has 2 rings (SSSR count). The number of carbonyl (C=O) groups is 3. The summed E-state index contributed by atoms with van der Waals surface area (Å²) in [6.45, 7) is 0.375. The Hall–Kier alpha value is -4.13. The summed E-state index contributed by atoms with van der Waals surface area (Å²) in [4.78, 5) is 45.6. The number of hydrogen-bond acceptors (Lipinski definition) is 9. The van der Waals surface area contributed by atoms with Gasteiger partial charge in [0.15, 0.2) is 34.5 Å². The molecule has 0 saturated carbocycles. The van der Waals surface area contributed by atoms with E-state index in [2.05, 4.69) is 25.6 Å². The van der Waals surface area contributed by atoms with Crippen LogP contribution in [0.5, 0.6) is 5.75 Å². The number of aryl methyl sites for hydroxylation is 1. The molecule has 0 aliphatic carbocycles. The van der Waals surface area contributed by atoms with E-state index in [4.69, 9.17) is 39.3 Å². The van der Waals surface area contributed by atoms with E-state index in [-0.39, 0.29) is 35.0 Å². The second-order valence-corrected chi connectivity index (χ2v) is 7.35. The van der Waals surface area contributed by atoms with Crippen molar-refractivity contribution in [1.29, 1.82) is 0 Å². The molecule has 0 fully saturated rings. The van der Waals surface area contributed by atoms with Gasteiger partial charge in [-0.25, -0.2) is 9.97 Å². The molecule has 0 radical (unpaired) electrons. The van der Waals surface area contributed by atoms with Gasteiger partial charge in [-0.05, 0) is 37.0 Å². The van der Waals surface area contributed by atoms with Crippen LogP contribution in [0.3, 0.4) is 0 Å². The molecule has 1 atom stereocenters. The lowest BCUT2D eigenvalue weighted by atomic mass is 10.1. The SMILES string of the molecule is NC(=O)C(CNC=O)Oc1ccc(CCCCN=C(N)NC(=O)c2nc(Cl)c(N)nc2N)cc1. The molecule has 1 unspecified atom stereocenters. The number of carbonyl (C=O) groups excluding carboxylic acids is 3. The van der Waals surface area contributed by atoms with E-state index < -0.39 is 17.9 Å². The highest BCUT2D eigenvalue weighted by molar-refractivity contribution is 6.31. The second-order valence-electron chi connectivity index (χ2n) is 6.99. The molecule has 14 heteroatoms. The van der Waals surface area contributed by atoms with Crippen molar-refractivity contribution in [3.63, 3.8) is 0 Å². The molecule has 0 bridgehead atoms. The minimum absolute atomic E-state index is 0.0147. The molecule has 10 N–H and O–H groups in total.